The average Bonchev–Trinajstić information content (AvgIpc) is 3.16. The zero-order valence-electron chi connectivity index (χ0n) is 14.1. The van der Waals surface area contributed by atoms with E-state index in [4.69, 9.17) is 0 Å². The smallest absolute Gasteiger partial charge is 0.246 e. The second kappa shape index (κ2) is 6.01. The Morgan fingerprint density at radius 2 is 1.80 bits per heavy atom. The fraction of sp³-hybridized carbons (Fsp3) is 0.588. The van der Waals surface area contributed by atoms with Gasteiger partial charge in [0, 0.05) is 5.92 Å². The van der Waals surface area contributed by atoms with E-state index in [1.165, 1.54) is 11.3 Å². The van der Waals surface area contributed by atoms with Crippen LogP contribution in [0.3, 0.4) is 0 Å². The van der Waals surface area contributed by atoms with Crippen LogP contribution < -0.4 is 5.32 Å². The Labute approximate surface area is 149 Å². The van der Waals surface area contributed by atoms with Gasteiger partial charge in [-0.25, -0.2) is 0 Å². The number of nitrogens with zero attached hydrogens (tertiary/aromatic N) is 3. The molecule has 25 heavy (non-hydrogen) atoms. The van der Waals surface area contributed by atoms with Crippen LogP contribution in [0.5, 0.6) is 0 Å². The van der Waals surface area contributed by atoms with Crippen LogP contribution in [0, 0.1) is 23.7 Å². The third-order valence-corrected chi connectivity index (χ3v) is 6.47. The van der Waals surface area contributed by atoms with Gasteiger partial charge in [0.05, 0.1) is 11.8 Å². The Balaban J connectivity index is 1.45. The number of aromatic nitrogens is 2. The number of rotatable bonds is 4. The van der Waals surface area contributed by atoms with Gasteiger partial charge in [0.2, 0.25) is 22.9 Å². The summed E-state index contributed by atoms with van der Waals surface area (Å²) in [7, 11) is 0. The molecule has 4 aliphatic rings. The van der Waals surface area contributed by atoms with Crippen LogP contribution in [0.1, 0.15) is 37.6 Å². The Morgan fingerprint density at radius 3 is 2.28 bits per heavy atom. The summed E-state index contributed by atoms with van der Waals surface area (Å²) in [4.78, 5) is 38.8. The molecule has 0 radical (unpaired) electrons. The molecular weight excluding hydrogens is 340 g/mol. The average molecular weight is 360 g/mol. The van der Waals surface area contributed by atoms with Crippen LogP contribution in [0.4, 0.5) is 5.13 Å². The fourth-order valence-corrected chi connectivity index (χ4v) is 4.87. The molecule has 2 bridgehead atoms. The summed E-state index contributed by atoms with van der Waals surface area (Å²) < 4.78 is 0. The van der Waals surface area contributed by atoms with Crippen molar-refractivity contribution < 1.29 is 14.4 Å². The highest BCUT2D eigenvalue weighted by Gasteiger charge is 2.56. The molecule has 1 saturated heterocycles. The third-order valence-electron chi connectivity index (χ3n) is 5.33. The third kappa shape index (κ3) is 2.68. The maximum Gasteiger partial charge on any atom is 0.246 e. The maximum atomic E-state index is 12.7. The quantitative estimate of drug-likeness (QED) is 0.653. The Morgan fingerprint density at radius 1 is 1.20 bits per heavy atom. The first kappa shape index (κ1) is 16.4. The Hall–Kier alpha value is -2.09. The van der Waals surface area contributed by atoms with Crippen molar-refractivity contribution in [3.05, 3.63) is 17.2 Å². The minimum Gasteiger partial charge on any atom is -0.299 e. The minimum atomic E-state index is -0.410. The number of fused-ring (bicyclic) bond motifs is 1. The number of allylic oxidation sites excluding steroid dienone is 2. The van der Waals surface area contributed by atoms with E-state index in [-0.39, 0.29) is 47.9 Å². The molecule has 132 valence electrons. The van der Waals surface area contributed by atoms with E-state index in [2.05, 4.69) is 27.7 Å². The number of nitrogens with one attached hydrogen (secondary N) is 1. The SMILES string of the molecule is CC(C)c1nnc(NC(=O)CN2C(=O)[C@@H]3[C@H](C2=O)[C@H]2C=C[C@H]3CC2)s1. The largest absolute Gasteiger partial charge is 0.299 e. The molecule has 0 aromatic carbocycles. The molecule has 4 atom stereocenters. The van der Waals surface area contributed by atoms with Gasteiger partial charge in [0.15, 0.2) is 0 Å². The topological polar surface area (TPSA) is 92.3 Å². The number of imide groups is 1. The molecule has 1 aromatic heterocycles. The zero-order chi connectivity index (χ0) is 17.7. The van der Waals surface area contributed by atoms with Crippen LogP contribution in [0.15, 0.2) is 12.2 Å². The summed E-state index contributed by atoms with van der Waals surface area (Å²) >= 11 is 1.31. The van der Waals surface area contributed by atoms with E-state index in [0.717, 1.165) is 22.7 Å². The van der Waals surface area contributed by atoms with Crippen LogP contribution in [0.25, 0.3) is 0 Å². The van der Waals surface area contributed by atoms with Gasteiger partial charge in [0.1, 0.15) is 11.6 Å². The Kier molecular flexibility index (Phi) is 3.94. The number of amides is 3. The van der Waals surface area contributed by atoms with Crippen molar-refractivity contribution in [2.24, 2.45) is 23.7 Å². The maximum absolute atomic E-state index is 12.7. The first-order valence-electron chi connectivity index (χ1n) is 8.62. The van der Waals surface area contributed by atoms with Crippen LogP contribution >= 0.6 is 11.3 Å². The highest BCUT2D eigenvalue weighted by Crippen LogP contribution is 2.49. The number of hydrogen-bond acceptors (Lipinski definition) is 6. The van der Waals surface area contributed by atoms with Gasteiger partial charge >= 0.3 is 0 Å². The summed E-state index contributed by atoms with van der Waals surface area (Å²) in [6.07, 6.45) is 6.03. The van der Waals surface area contributed by atoms with Crippen molar-refractivity contribution in [2.75, 3.05) is 11.9 Å². The molecule has 2 heterocycles. The lowest BCUT2D eigenvalue weighted by Gasteiger charge is -2.38. The zero-order valence-corrected chi connectivity index (χ0v) is 15.0. The molecule has 2 fully saturated rings. The fourth-order valence-electron chi connectivity index (χ4n) is 4.11. The first-order valence-corrected chi connectivity index (χ1v) is 9.44. The normalized spacial score (nSPS) is 30.3. The molecule has 7 nitrogen and oxygen atoms in total. The summed E-state index contributed by atoms with van der Waals surface area (Å²) in [5, 5.41) is 11.8. The molecule has 1 aliphatic heterocycles. The van der Waals surface area contributed by atoms with Crippen LogP contribution in [-0.2, 0) is 14.4 Å². The lowest BCUT2D eigenvalue weighted by Crippen LogP contribution is -2.38. The van der Waals surface area contributed by atoms with E-state index in [0.29, 0.717) is 5.13 Å². The van der Waals surface area contributed by atoms with Gasteiger partial charge in [-0.1, -0.05) is 37.3 Å². The second-order valence-electron chi connectivity index (χ2n) is 7.25. The van der Waals surface area contributed by atoms with Gasteiger partial charge < -0.3 is 0 Å². The molecule has 5 rings (SSSR count). The molecule has 3 amide bonds. The van der Waals surface area contributed by atoms with Crippen molar-refractivity contribution in [3.8, 4) is 0 Å². The van der Waals surface area contributed by atoms with Crippen molar-refractivity contribution in [1.82, 2.24) is 15.1 Å². The summed E-state index contributed by atoms with van der Waals surface area (Å²) in [6, 6.07) is 0. The Bertz CT molecular complexity index is 740. The molecule has 1 N–H and O–H groups in total. The van der Waals surface area contributed by atoms with Crippen molar-refractivity contribution in [1.29, 1.82) is 0 Å². The highest BCUT2D eigenvalue weighted by atomic mass is 32.1. The molecule has 8 heteroatoms. The van der Waals surface area contributed by atoms with E-state index >= 15 is 0 Å². The predicted octanol–water partition coefficient (Wildman–Crippen LogP) is 1.80. The lowest BCUT2D eigenvalue weighted by molar-refractivity contribution is -0.142. The number of carbonyl (C=O) groups excluding carboxylic acids is 3. The van der Waals surface area contributed by atoms with E-state index in [9.17, 15) is 14.4 Å². The summed E-state index contributed by atoms with van der Waals surface area (Å²) in [5.74, 6) is -0.874. The first-order chi connectivity index (χ1) is 12.0. The standard InChI is InChI=1S/C17H20N4O3S/c1-8(2)14-19-20-17(25-14)18-11(22)7-21-15(23)12-9-3-4-10(6-5-9)13(12)16(21)24/h3-4,8-10,12-13H,5-7H2,1-2H3,(H,18,20,22)/t9-,10-,12-,13+/m0/s1. The van der Waals surface area contributed by atoms with E-state index < -0.39 is 5.91 Å². The van der Waals surface area contributed by atoms with Crippen molar-refractivity contribution >= 4 is 34.2 Å². The lowest BCUT2D eigenvalue weighted by atomic mass is 9.63. The molecular formula is C17H20N4O3S. The predicted molar refractivity (Wildman–Crippen MR) is 91.7 cm³/mol. The molecule has 3 aliphatic carbocycles. The van der Waals surface area contributed by atoms with Gasteiger partial charge in [-0.05, 0) is 24.7 Å². The van der Waals surface area contributed by atoms with Crippen LogP contribution in [-0.4, -0.2) is 39.4 Å². The molecule has 1 aromatic rings. The number of likely N-dealkylation sites (tertiary alicyclic amines) is 1. The van der Waals surface area contributed by atoms with E-state index in [1.54, 1.807) is 0 Å². The van der Waals surface area contributed by atoms with E-state index in [1.807, 2.05) is 13.8 Å². The van der Waals surface area contributed by atoms with Gasteiger partial charge in [-0.2, -0.15) is 0 Å². The van der Waals surface area contributed by atoms with Crippen molar-refractivity contribution in [3.63, 3.8) is 0 Å². The molecule has 0 unspecified atom stereocenters. The van der Waals surface area contributed by atoms with Gasteiger partial charge in [0.25, 0.3) is 0 Å². The second-order valence-corrected chi connectivity index (χ2v) is 8.26. The van der Waals surface area contributed by atoms with Gasteiger partial charge in [-0.3, -0.25) is 24.6 Å². The molecule has 0 spiro atoms. The summed E-state index contributed by atoms with van der Waals surface area (Å²) in [5.41, 5.74) is 0. The number of carbonyl (C=O) groups is 3. The van der Waals surface area contributed by atoms with Gasteiger partial charge in [-0.15, -0.1) is 10.2 Å². The molecule has 1 saturated carbocycles. The number of anilines is 1. The number of hydrogen-bond donors (Lipinski definition) is 1. The van der Waals surface area contributed by atoms with Crippen LogP contribution in [0.2, 0.25) is 0 Å². The monoisotopic (exact) mass is 360 g/mol. The van der Waals surface area contributed by atoms with Crippen molar-refractivity contribution in [2.45, 2.75) is 32.6 Å². The summed E-state index contributed by atoms with van der Waals surface area (Å²) in [6.45, 7) is 3.75. The minimum absolute atomic E-state index is 0.135. The highest BCUT2D eigenvalue weighted by molar-refractivity contribution is 7.15.